The fourth-order valence-electron chi connectivity index (χ4n) is 3.52. The summed E-state index contributed by atoms with van der Waals surface area (Å²) in [5.74, 6) is -0.449. The fraction of sp³-hybridized carbons (Fsp3) is 0.214. The van der Waals surface area contributed by atoms with E-state index < -0.39 is 33.9 Å². The third kappa shape index (κ3) is 9.76. The van der Waals surface area contributed by atoms with Gasteiger partial charge in [0.25, 0.3) is 0 Å². The average Bonchev–Trinajstić information content (AvgIpc) is 2.87. The van der Waals surface area contributed by atoms with Crippen LogP contribution in [0.4, 0.5) is 4.79 Å². The van der Waals surface area contributed by atoms with E-state index in [4.69, 9.17) is 4.74 Å². The minimum atomic E-state index is -3.39. The number of nitrogens with one attached hydrogen (secondary N) is 2. The zero-order chi connectivity index (χ0) is 25.8. The highest BCUT2D eigenvalue weighted by molar-refractivity contribution is 7.93. The third-order valence-corrected chi connectivity index (χ3v) is 5.94. The lowest BCUT2D eigenvalue weighted by Crippen LogP contribution is -2.51. The summed E-state index contributed by atoms with van der Waals surface area (Å²) in [4.78, 5) is 25.9. The first-order valence-electron chi connectivity index (χ1n) is 11.5. The zero-order valence-corrected chi connectivity index (χ0v) is 20.9. The van der Waals surface area contributed by atoms with Gasteiger partial charge in [-0.25, -0.2) is 13.2 Å². The summed E-state index contributed by atoms with van der Waals surface area (Å²) in [6.45, 7) is 0.0695. The minimum Gasteiger partial charge on any atom is -0.445 e. The van der Waals surface area contributed by atoms with Crippen LogP contribution in [0.1, 0.15) is 16.7 Å². The van der Waals surface area contributed by atoms with Crippen LogP contribution in [0.3, 0.4) is 0 Å². The van der Waals surface area contributed by atoms with Crippen molar-refractivity contribution in [2.24, 2.45) is 0 Å². The number of alkyl carbamates (subject to hydrolysis) is 1. The van der Waals surface area contributed by atoms with Gasteiger partial charge in [0.2, 0.25) is 5.91 Å². The van der Waals surface area contributed by atoms with Crippen molar-refractivity contribution in [3.63, 3.8) is 0 Å². The van der Waals surface area contributed by atoms with E-state index in [0.29, 0.717) is 6.42 Å². The number of rotatable bonds is 11. The fourth-order valence-corrected chi connectivity index (χ4v) is 4.00. The van der Waals surface area contributed by atoms with E-state index in [0.717, 1.165) is 28.4 Å². The van der Waals surface area contributed by atoms with Crippen molar-refractivity contribution >= 4 is 21.8 Å². The van der Waals surface area contributed by atoms with Crippen molar-refractivity contribution in [3.8, 4) is 0 Å². The molecule has 7 nitrogen and oxygen atoms in total. The highest BCUT2D eigenvalue weighted by Crippen LogP contribution is 2.09. The number of ether oxygens (including phenoxy) is 1. The summed E-state index contributed by atoms with van der Waals surface area (Å²) < 4.78 is 28.7. The van der Waals surface area contributed by atoms with Crippen LogP contribution in [0.2, 0.25) is 0 Å². The number of hydrogen-bond donors (Lipinski definition) is 2. The van der Waals surface area contributed by atoms with Crippen molar-refractivity contribution in [1.82, 2.24) is 10.6 Å². The van der Waals surface area contributed by atoms with Crippen LogP contribution in [0.5, 0.6) is 0 Å². The van der Waals surface area contributed by atoms with Crippen LogP contribution in [0.25, 0.3) is 0 Å². The predicted molar refractivity (Wildman–Crippen MR) is 140 cm³/mol. The molecule has 2 amide bonds. The van der Waals surface area contributed by atoms with Gasteiger partial charge in [-0.15, -0.1) is 0 Å². The molecule has 0 aliphatic heterocycles. The Morgan fingerprint density at radius 2 is 1.28 bits per heavy atom. The van der Waals surface area contributed by atoms with E-state index in [1.165, 1.54) is 6.08 Å². The monoisotopic (exact) mass is 506 g/mol. The molecular formula is C28H30N2O5S. The Labute approximate surface area is 212 Å². The maximum atomic E-state index is 13.3. The van der Waals surface area contributed by atoms with Crippen molar-refractivity contribution in [2.75, 3.05) is 6.26 Å². The minimum absolute atomic E-state index is 0.0695. The Kier molecular flexibility index (Phi) is 9.82. The molecule has 188 valence electrons. The average molecular weight is 507 g/mol. The lowest BCUT2D eigenvalue weighted by Gasteiger charge is -2.22. The molecule has 2 N–H and O–H groups in total. The van der Waals surface area contributed by atoms with E-state index in [1.54, 1.807) is 0 Å². The topological polar surface area (TPSA) is 102 Å². The van der Waals surface area contributed by atoms with Crippen molar-refractivity contribution in [2.45, 2.75) is 31.5 Å². The zero-order valence-electron chi connectivity index (χ0n) is 20.0. The lowest BCUT2D eigenvalue weighted by molar-refractivity contribution is -0.123. The molecule has 0 bridgehead atoms. The maximum absolute atomic E-state index is 13.3. The Morgan fingerprint density at radius 3 is 1.81 bits per heavy atom. The summed E-state index contributed by atoms with van der Waals surface area (Å²) in [7, 11) is -3.39. The summed E-state index contributed by atoms with van der Waals surface area (Å²) in [6.07, 6.45) is 2.44. The van der Waals surface area contributed by atoms with Gasteiger partial charge in [-0.1, -0.05) is 97.1 Å². The van der Waals surface area contributed by atoms with Crippen LogP contribution in [-0.4, -0.2) is 38.8 Å². The first-order chi connectivity index (χ1) is 17.3. The standard InChI is InChI=1S/C28H30N2O5S/c1-36(33,34)18-17-25(19-22-11-5-2-6-12-22)29-27(31)26(20-23-13-7-3-8-14-23)30-28(32)35-21-24-15-9-4-10-16-24/h2-18,25-26H,19-21H2,1H3,(H,29,31)(H,30,32)/b18-17+/t25-,26+/m1/s1. The van der Waals surface area contributed by atoms with Gasteiger partial charge in [-0.3, -0.25) is 4.79 Å². The Hall–Kier alpha value is -3.91. The third-order valence-electron chi connectivity index (χ3n) is 5.29. The number of carbonyl (C=O) groups is 2. The Balaban J connectivity index is 1.74. The van der Waals surface area contributed by atoms with Gasteiger partial charge >= 0.3 is 6.09 Å². The van der Waals surface area contributed by atoms with Crippen molar-refractivity contribution in [1.29, 1.82) is 0 Å². The van der Waals surface area contributed by atoms with Gasteiger partial charge in [0.15, 0.2) is 9.84 Å². The number of amides is 2. The molecule has 0 unspecified atom stereocenters. The summed E-state index contributed by atoms with van der Waals surface area (Å²) in [5.41, 5.74) is 2.61. The summed E-state index contributed by atoms with van der Waals surface area (Å²) >= 11 is 0. The molecule has 0 aliphatic carbocycles. The first kappa shape index (κ1) is 26.7. The first-order valence-corrected chi connectivity index (χ1v) is 13.5. The second-order valence-electron chi connectivity index (χ2n) is 8.41. The molecule has 0 aromatic heterocycles. The van der Waals surface area contributed by atoms with E-state index in [2.05, 4.69) is 10.6 Å². The largest absolute Gasteiger partial charge is 0.445 e. The number of hydrogen-bond acceptors (Lipinski definition) is 5. The van der Waals surface area contributed by atoms with Crippen molar-refractivity contribution in [3.05, 3.63) is 119 Å². The van der Waals surface area contributed by atoms with Gasteiger partial charge in [0, 0.05) is 18.1 Å². The maximum Gasteiger partial charge on any atom is 0.408 e. The quantitative estimate of drug-likeness (QED) is 0.412. The second kappa shape index (κ2) is 13.3. The molecule has 3 aromatic carbocycles. The Bertz CT molecular complexity index is 1250. The van der Waals surface area contributed by atoms with Crippen molar-refractivity contribution < 1.29 is 22.7 Å². The van der Waals surface area contributed by atoms with Crippen LogP contribution >= 0.6 is 0 Å². The highest BCUT2D eigenvalue weighted by atomic mass is 32.2. The van der Waals surface area contributed by atoms with Gasteiger partial charge in [-0.05, 0) is 23.1 Å². The Morgan fingerprint density at radius 1 is 0.778 bits per heavy atom. The molecule has 3 aromatic rings. The molecule has 3 rings (SSSR count). The SMILES string of the molecule is CS(=O)(=O)/C=C/[C@H](Cc1ccccc1)NC(=O)[C@H](Cc1ccccc1)NC(=O)OCc1ccccc1. The molecular weight excluding hydrogens is 476 g/mol. The molecule has 36 heavy (non-hydrogen) atoms. The van der Waals surface area contributed by atoms with E-state index >= 15 is 0 Å². The molecule has 8 heteroatoms. The molecule has 0 saturated heterocycles. The molecule has 0 radical (unpaired) electrons. The number of sulfone groups is 1. The summed E-state index contributed by atoms with van der Waals surface area (Å²) in [6, 6.07) is 26.4. The van der Waals surface area contributed by atoms with Crippen LogP contribution in [0, 0.1) is 0 Å². The van der Waals surface area contributed by atoms with Crippen LogP contribution < -0.4 is 10.6 Å². The molecule has 0 heterocycles. The smallest absolute Gasteiger partial charge is 0.408 e. The van der Waals surface area contributed by atoms with E-state index in [1.807, 2.05) is 91.0 Å². The van der Waals surface area contributed by atoms with E-state index in [9.17, 15) is 18.0 Å². The number of carbonyl (C=O) groups excluding carboxylic acids is 2. The lowest BCUT2D eigenvalue weighted by atomic mass is 10.0. The molecule has 0 saturated carbocycles. The number of benzene rings is 3. The van der Waals surface area contributed by atoms with Gasteiger partial charge in [-0.2, -0.15) is 0 Å². The summed E-state index contributed by atoms with van der Waals surface area (Å²) in [5, 5.41) is 6.62. The molecule has 0 fully saturated rings. The van der Waals surface area contributed by atoms with Crippen LogP contribution in [0.15, 0.2) is 102 Å². The molecule has 0 aliphatic rings. The highest BCUT2D eigenvalue weighted by Gasteiger charge is 2.24. The predicted octanol–water partition coefficient (Wildman–Crippen LogP) is 3.81. The van der Waals surface area contributed by atoms with Gasteiger partial charge in [0.1, 0.15) is 12.6 Å². The van der Waals surface area contributed by atoms with E-state index in [-0.39, 0.29) is 13.0 Å². The second-order valence-corrected chi connectivity index (χ2v) is 10.3. The molecule has 0 spiro atoms. The van der Waals surface area contributed by atoms with Gasteiger partial charge in [0.05, 0.1) is 6.04 Å². The van der Waals surface area contributed by atoms with Gasteiger partial charge < -0.3 is 15.4 Å². The van der Waals surface area contributed by atoms with Crippen LogP contribution in [-0.2, 0) is 38.8 Å². The molecule has 2 atom stereocenters. The normalized spacial score (nSPS) is 13.0.